The van der Waals surface area contributed by atoms with Crippen LogP contribution in [0.1, 0.15) is 11.1 Å². The molecule has 1 aromatic heterocycles. The summed E-state index contributed by atoms with van der Waals surface area (Å²) in [6.07, 6.45) is -2.54. The van der Waals surface area contributed by atoms with Crippen LogP contribution in [-0.2, 0) is 12.7 Å². The van der Waals surface area contributed by atoms with E-state index in [0.29, 0.717) is 5.56 Å². The molecule has 0 unspecified atom stereocenters. The van der Waals surface area contributed by atoms with Crippen LogP contribution in [0, 0.1) is 5.82 Å². The van der Waals surface area contributed by atoms with Crippen molar-refractivity contribution < 1.29 is 17.6 Å². The number of hydrogen-bond acceptors (Lipinski definition) is 2. The van der Waals surface area contributed by atoms with Crippen molar-refractivity contribution in [3.63, 3.8) is 0 Å². The van der Waals surface area contributed by atoms with Crippen molar-refractivity contribution in [2.45, 2.75) is 12.7 Å². The minimum atomic E-state index is -4.57. The van der Waals surface area contributed by atoms with Gasteiger partial charge in [-0.15, -0.1) is 0 Å². The van der Waals surface area contributed by atoms with Crippen LogP contribution in [0.5, 0.6) is 0 Å². The van der Waals surface area contributed by atoms with E-state index in [0.717, 1.165) is 24.5 Å². The maximum Gasteiger partial charge on any atom is 0.417 e. The van der Waals surface area contributed by atoms with Crippen molar-refractivity contribution in [3.8, 4) is 11.1 Å². The number of benzene rings is 1. The molecule has 2 nitrogen and oxygen atoms in total. The van der Waals surface area contributed by atoms with Gasteiger partial charge in [-0.2, -0.15) is 13.2 Å². The van der Waals surface area contributed by atoms with Crippen molar-refractivity contribution in [1.29, 1.82) is 0 Å². The normalized spacial score (nSPS) is 11.6. The quantitative estimate of drug-likeness (QED) is 0.850. The fraction of sp³-hybridized carbons (Fsp3) is 0.154. The van der Waals surface area contributed by atoms with Crippen molar-refractivity contribution in [3.05, 3.63) is 53.6 Å². The number of hydrogen-bond donors (Lipinski definition) is 1. The third kappa shape index (κ3) is 2.73. The predicted octanol–water partition coefficient (Wildman–Crippen LogP) is 3.37. The lowest BCUT2D eigenvalue weighted by Crippen LogP contribution is -2.08. The predicted molar refractivity (Wildman–Crippen MR) is 62.5 cm³/mol. The SMILES string of the molecule is NCc1ccc(F)c(-c2cnccc2C(F)(F)F)c1. The standard InChI is InChI=1S/C13H10F4N2/c14-12-2-1-8(6-18)5-9(12)10-7-19-4-3-11(10)13(15,16)17/h1-5,7H,6,18H2. The number of nitrogens with zero attached hydrogens (tertiary/aromatic N) is 1. The first kappa shape index (κ1) is 13.5. The summed E-state index contributed by atoms with van der Waals surface area (Å²) in [5.74, 6) is -0.740. The molecule has 0 amide bonds. The molecule has 0 spiro atoms. The first-order valence-electron chi connectivity index (χ1n) is 5.43. The van der Waals surface area contributed by atoms with E-state index in [2.05, 4.69) is 4.98 Å². The molecule has 0 saturated heterocycles. The molecule has 0 aliphatic rings. The zero-order chi connectivity index (χ0) is 14.0. The molecule has 0 aliphatic heterocycles. The molecule has 0 fully saturated rings. The van der Waals surface area contributed by atoms with Crippen LogP contribution in [0.15, 0.2) is 36.7 Å². The van der Waals surface area contributed by atoms with Crippen LogP contribution in [0.3, 0.4) is 0 Å². The average molecular weight is 270 g/mol. The topological polar surface area (TPSA) is 38.9 Å². The Labute approximate surface area is 106 Å². The molecule has 0 aliphatic carbocycles. The van der Waals surface area contributed by atoms with Crippen LogP contribution in [0.2, 0.25) is 0 Å². The molecular formula is C13H10F4N2. The number of rotatable bonds is 2. The molecule has 0 radical (unpaired) electrons. The van der Waals surface area contributed by atoms with Crippen molar-refractivity contribution in [2.24, 2.45) is 5.73 Å². The summed E-state index contributed by atoms with van der Waals surface area (Å²) in [6.45, 7) is 0.120. The molecule has 2 aromatic rings. The van der Waals surface area contributed by atoms with E-state index in [9.17, 15) is 17.6 Å². The number of halogens is 4. The Bertz CT molecular complexity index is 593. The molecule has 19 heavy (non-hydrogen) atoms. The van der Waals surface area contributed by atoms with Gasteiger partial charge in [0, 0.05) is 30.1 Å². The molecule has 2 N–H and O–H groups in total. The van der Waals surface area contributed by atoms with E-state index >= 15 is 0 Å². The smallest absolute Gasteiger partial charge is 0.326 e. The van der Waals surface area contributed by atoms with Gasteiger partial charge in [0.05, 0.1) is 5.56 Å². The number of pyridine rings is 1. The van der Waals surface area contributed by atoms with Gasteiger partial charge in [-0.1, -0.05) is 6.07 Å². The Morgan fingerprint density at radius 2 is 1.84 bits per heavy atom. The Hall–Kier alpha value is -1.95. The fourth-order valence-corrected chi connectivity index (χ4v) is 1.76. The molecule has 6 heteroatoms. The Kier molecular flexibility index (Phi) is 3.53. The van der Waals surface area contributed by atoms with Gasteiger partial charge in [0.15, 0.2) is 0 Å². The van der Waals surface area contributed by atoms with Crippen molar-refractivity contribution in [2.75, 3.05) is 0 Å². The average Bonchev–Trinajstić information content (AvgIpc) is 2.38. The third-order valence-corrected chi connectivity index (χ3v) is 2.68. The molecule has 2 rings (SSSR count). The molecule has 0 saturated carbocycles. The van der Waals surface area contributed by atoms with Gasteiger partial charge >= 0.3 is 6.18 Å². The summed E-state index contributed by atoms with van der Waals surface area (Å²) >= 11 is 0. The highest BCUT2D eigenvalue weighted by molar-refractivity contribution is 5.68. The Morgan fingerprint density at radius 1 is 1.11 bits per heavy atom. The highest BCUT2D eigenvalue weighted by Crippen LogP contribution is 2.37. The van der Waals surface area contributed by atoms with E-state index in [1.807, 2.05) is 0 Å². The monoisotopic (exact) mass is 270 g/mol. The second-order valence-electron chi connectivity index (χ2n) is 3.94. The number of alkyl halides is 3. The first-order valence-corrected chi connectivity index (χ1v) is 5.43. The van der Waals surface area contributed by atoms with Crippen molar-refractivity contribution >= 4 is 0 Å². The van der Waals surface area contributed by atoms with Gasteiger partial charge in [-0.05, 0) is 23.8 Å². The van der Waals surface area contributed by atoms with Gasteiger partial charge in [0.2, 0.25) is 0 Å². The molecule has 0 bridgehead atoms. The maximum atomic E-state index is 13.7. The Balaban J connectivity index is 2.65. The summed E-state index contributed by atoms with van der Waals surface area (Å²) in [7, 11) is 0. The van der Waals surface area contributed by atoms with Crippen LogP contribution in [0.25, 0.3) is 11.1 Å². The molecular weight excluding hydrogens is 260 g/mol. The van der Waals surface area contributed by atoms with E-state index in [1.54, 1.807) is 0 Å². The van der Waals surface area contributed by atoms with Gasteiger partial charge in [0.1, 0.15) is 5.82 Å². The van der Waals surface area contributed by atoms with E-state index in [4.69, 9.17) is 5.73 Å². The third-order valence-electron chi connectivity index (χ3n) is 2.68. The fourth-order valence-electron chi connectivity index (χ4n) is 1.76. The zero-order valence-corrected chi connectivity index (χ0v) is 9.71. The summed E-state index contributed by atoms with van der Waals surface area (Å²) < 4.78 is 52.3. The highest BCUT2D eigenvalue weighted by Gasteiger charge is 2.34. The maximum absolute atomic E-state index is 13.7. The summed E-state index contributed by atoms with van der Waals surface area (Å²) in [6, 6.07) is 4.67. The van der Waals surface area contributed by atoms with Gasteiger partial charge < -0.3 is 5.73 Å². The molecule has 100 valence electrons. The van der Waals surface area contributed by atoms with E-state index in [-0.39, 0.29) is 17.7 Å². The molecule has 0 atom stereocenters. The second-order valence-corrected chi connectivity index (χ2v) is 3.94. The Morgan fingerprint density at radius 3 is 2.47 bits per heavy atom. The van der Waals surface area contributed by atoms with Crippen LogP contribution < -0.4 is 5.73 Å². The van der Waals surface area contributed by atoms with E-state index < -0.39 is 17.6 Å². The molecule has 1 heterocycles. The van der Waals surface area contributed by atoms with Gasteiger partial charge in [-0.3, -0.25) is 4.98 Å². The summed E-state index contributed by atoms with van der Waals surface area (Å²) in [5.41, 5.74) is 4.60. The van der Waals surface area contributed by atoms with Crippen molar-refractivity contribution in [1.82, 2.24) is 4.98 Å². The number of nitrogens with two attached hydrogens (primary N) is 1. The minimum Gasteiger partial charge on any atom is -0.326 e. The number of aromatic nitrogens is 1. The van der Waals surface area contributed by atoms with E-state index in [1.165, 1.54) is 12.1 Å². The highest BCUT2D eigenvalue weighted by atomic mass is 19.4. The second kappa shape index (κ2) is 4.97. The first-order chi connectivity index (χ1) is 8.93. The van der Waals surface area contributed by atoms with Crippen LogP contribution in [0.4, 0.5) is 17.6 Å². The lowest BCUT2D eigenvalue weighted by atomic mass is 9.99. The largest absolute Gasteiger partial charge is 0.417 e. The summed E-state index contributed by atoms with van der Waals surface area (Å²) in [5, 5.41) is 0. The van der Waals surface area contributed by atoms with Crippen LogP contribution in [-0.4, -0.2) is 4.98 Å². The molecule has 1 aromatic carbocycles. The van der Waals surface area contributed by atoms with Crippen LogP contribution >= 0.6 is 0 Å². The lowest BCUT2D eigenvalue weighted by molar-refractivity contribution is -0.137. The zero-order valence-electron chi connectivity index (χ0n) is 9.71. The summed E-state index contributed by atoms with van der Waals surface area (Å²) in [4.78, 5) is 3.63. The van der Waals surface area contributed by atoms with Gasteiger partial charge in [0.25, 0.3) is 0 Å². The van der Waals surface area contributed by atoms with Gasteiger partial charge in [-0.25, -0.2) is 4.39 Å². The lowest BCUT2D eigenvalue weighted by Gasteiger charge is -2.13. The minimum absolute atomic E-state index is 0.120.